The molecule has 0 spiro atoms. The number of nitrogens with zero attached hydrogens (tertiary/aromatic N) is 2. The Labute approximate surface area is 216 Å². The highest BCUT2D eigenvalue weighted by Gasteiger charge is 2.41. The second kappa shape index (κ2) is 12.4. The van der Waals surface area contributed by atoms with E-state index in [1.165, 1.54) is 16.5 Å². The molecular weight excluding hydrogens is 472 g/mol. The molecule has 0 saturated carbocycles. The summed E-state index contributed by atoms with van der Waals surface area (Å²) < 4.78 is 22.4. The first-order valence-electron chi connectivity index (χ1n) is 12.3. The van der Waals surface area contributed by atoms with Gasteiger partial charge in [-0.05, 0) is 37.1 Å². The number of amides is 1. The molecule has 1 aromatic heterocycles. The van der Waals surface area contributed by atoms with Gasteiger partial charge in [0, 0.05) is 19.0 Å². The molecule has 1 aliphatic rings. The molecule has 8 heteroatoms. The van der Waals surface area contributed by atoms with E-state index in [-0.39, 0.29) is 31.6 Å². The van der Waals surface area contributed by atoms with Crippen molar-refractivity contribution in [2.24, 2.45) is 0 Å². The zero-order valence-electron chi connectivity index (χ0n) is 21.2. The fourth-order valence-corrected chi connectivity index (χ4v) is 4.15. The van der Waals surface area contributed by atoms with Gasteiger partial charge in [-0.1, -0.05) is 59.8 Å². The van der Waals surface area contributed by atoms with E-state index in [4.69, 9.17) is 18.7 Å². The molecule has 0 bridgehead atoms. The summed E-state index contributed by atoms with van der Waals surface area (Å²) in [7, 11) is 0. The Kier molecular flexibility index (Phi) is 8.74. The predicted molar refractivity (Wildman–Crippen MR) is 137 cm³/mol. The van der Waals surface area contributed by atoms with Crippen LogP contribution in [0, 0.1) is 13.8 Å². The maximum Gasteiger partial charge on any atom is 0.329 e. The maximum atomic E-state index is 13.0. The van der Waals surface area contributed by atoms with E-state index in [0.717, 1.165) is 16.9 Å². The van der Waals surface area contributed by atoms with E-state index in [1.54, 1.807) is 13.0 Å². The Morgan fingerprint density at radius 3 is 2.46 bits per heavy atom. The Bertz CT molecular complexity index is 1200. The summed E-state index contributed by atoms with van der Waals surface area (Å²) in [6.45, 7) is 8.64. The van der Waals surface area contributed by atoms with Crippen LogP contribution in [0.4, 0.5) is 0 Å². The second-order valence-corrected chi connectivity index (χ2v) is 9.18. The normalized spacial score (nSPS) is 17.0. The van der Waals surface area contributed by atoms with E-state index in [2.05, 4.69) is 42.9 Å². The highest BCUT2D eigenvalue weighted by atomic mass is 16.5. The Morgan fingerprint density at radius 1 is 1.08 bits per heavy atom. The molecule has 2 atom stereocenters. The smallest absolute Gasteiger partial charge is 0.329 e. The molecule has 0 radical (unpaired) electrons. The number of esters is 1. The first-order valence-corrected chi connectivity index (χ1v) is 12.3. The third-order valence-corrected chi connectivity index (χ3v) is 6.14. The van der Waals surface area contributed by atoms with Crippen molar-refractivity contribution in [3.8, 4) is 5.75 Å². The Morgan fingerprint density at radius 2 is 1.78 bits per heavy atom. The molecule has 0 unspecified atom stereocenters. The van der Waals surface area contributed by atoms with Crippen LogP contribution in [0.5, 0.6) is 5.75 Å². The zero-order chi connectivity index (χ0) is 26.2. The second-order valence-electron chi connectivity index (χ2n) is 9.18. The molecule has 1 fully saturated rings. The van der Waals surface area contributed by atoms with Crippen molar-refractivity contribution in [3.05, 3.63) is 95.4 Å². The average molecular weight is 505 g/mol. The van der Waals surface area contributed by atoms with Crippen molar-refractivity contribution >= 4 is 11.9 Å². The van der Waals surface area contributed by atoms with E-state index in [9.17, 15) is 9.59 Å². The minimum Gasteiger partial charge on any atom is -0.489 e. The van der Waals surface area contributed by atoms with Gasteiger partial charge in [-0.15, -0.1) is 0 Å². The van der Waals surface area contributed by atoms with Crippen LogP contribution in [0.1, 0.15) is 34.6 Å². The fourth-order valence-electron chi connectivity index (χ4n) is 4.15. The summed E-state index contributed by atoms with van der Waals surface area (Å²) in [6, 6.07) is 16.9. The van der Waals surface area contributed by atoms with Crippen molar-refractivity contribution in [1.29, 1.82) is 0 Å². The maximum absolute atomic E-state index is 13.0. The van der Waals surface area contributed by atoms with Crippen molar-refractivity contribution in [2.75, 3.05) is 13.2 Å². The van der Waals surface area contributed by atoms with Gasteiger partial charge < -0.3 is 23.6 Å². The molecule has 4 rings (SSSR count). The van der Waals surface area contributed by atoms with Gasteiger partial charge >= 0.3 is 5.97 Å². The quantitative estimate of drug-likeness (QED) is 0.284. The van der Waals surface area contributed by atoms with Crippen molar-refractivity contribution in [1.82, 2.24) is 10.1 Å². The lowest BCUT2D eigenvalue weighted by atomic mass is 10.1. The van der Waals surface area contributed by atoms with Gasteiger partial charge in [-0.25, -0.2) is 4.79 Å². The number of rotatable bonds is 11. The highest BCUT2D eigenvalue weighted by molar-refractivity contribution is 5.86. The summed E-state index contributed by atoms with van der Waals surface area (Å²) in [5, 5.41) is 3.82. The van der Waals surface area contributed by atoms with Crippen LogP contribution in [-0.4, -0.2) is 47.2 Å². The molecular formula is C29H32N2O6. The van der Waals surface area contributed by atoms with Crippen LogP contribution in [0.25, 0.3) is 0 Å². The van der Waals surface area contributed by atoms with E-state index < -0.39 is 12.0 Å². The van der Waals surface area contributed by atoms with Crippen LogP contribution in [-0.2, 0) is 38.7 Å². The van der Waals surface area contributed by atoms with Gasteiger partial charge in [0.05, 0.1) is 24.8 Å². The summed E-state index contributed by atoms with van der Waals surface area (Å²) in [4.78, 5) is 27.1. The van der Waals surface area contributed by atoms with E-state index in [1.807, 2.05) is 24.3 Å². The lowest BCUT2D eigenvalue weighted by Gasteiger charge is -2.22. The summed E-state index contributed by atoms with van der Waals surface area (Å²) in [6.07, 6.45) is 1.56. The Hall–Kier alpha value is -3.91. The molecule has 0 aliphatic carbocycles. The minimum atomic E-state index is -0.723. The first-order chi connectivity index (χ1) is 17.9. The number of hydrogen-bond donors (Lipinski definition) is 0. The van der Waals surface area contributed by atoms with Gasteiger partial charge in [0.1, 0.15) is 30.8 Å². The van der Waals surface area contributed by atoms with Gasteiger partial charge in [0.25, 0.3) is 0 Å². The summed E-state index contributed by atoms with van der Waals surface area (Å²) in [5.74, 6) is 0.519. The third-order valence-electron chi connectivity index (χ3n) is 6.14. The number of aryl methyl sites for hydroxylation is 2. The largest absolute Gasteiger partial charge is 0.489 e. The number of ether oxygens (including phenoxy) is 3. The summed E-state index contributed by atoms with van der Waals surface area (Å²) >= 11 is 0. The van der Waals surface area contributed by atoms with E-state index in [0.29, 0.717) is 31.1 Å². The third kappa shape index (κ3) is 7.30. The van der Waals surface area contributed by atoms with Gasteiger partial charge in [-0.3, -0.25) is 4.79 Å². The molecule has 1 saturated heterocycles. The standard InChI is InChI=1S/C29H32N2O6/c1-4-13-34-29(33)27-15-26(17-31(27)28(32)16-25-14-21(3)30-37-25)36-19-23-9-11-24(12-10-23)35-18-22-7-5-20(2)6-8-22/h4-12,14,26-27H,1,13,15-19H2,2-3H3/t26-,27+/m1/s1. The molecule has 1 amide bonds. The number of aromatic nitrogens is 1. The molecule has 0 N–H and O–H groups in total. The molecule has 2 aromatic carbocycles. The summed E-state index contributed by atoms with van der Waals surface area (Å²) in [5.41, 5.74) is 3.99. The van der Waals surface area contributed by atoms with Gasteiger partial charge in [0.15, 0.2) is 0 Å². The van der Waals surface area contributed by atoms with E-state index >= 15 is 0 Å². The van der Waals surface area contributed by atoms with Gasteiger partial charge in [-0.2, -0.15) is 0 Å². The van der Waals surface area contributed by atoms with Crippen LogP contribution in [0.3, 0.4) is 0 Å². The highest BCUT2D eigenvalue weighted by Crippen LogP contribution is 2.25. The van der Waals surface area contributed by atoms with Crippen LogP contribution < -0.4 is 4.74 Å². The SMILES string of the molecule is C=CCOC(=O)[C@@H]1C[C@@H](OCc2ccc(OCc3ccc(C)cc3)cc2)CN1C(=O)Cc1cc(C)no1. The molecule has 37 heavy (non-hydrogen) atoms. The molecule has 2 heterocycles. The van der Waals surface area contributed by atoms with Crippen LogP contribution in [0.2, 0.25) is 0 Å². The monoisotopic (exact) mass is 504 g/mol. The molecule has 8 nitrogen and oxygen atoms in total. The number of benzene rings is 2. The van der Waals surface area contributed by atoms with Crippen molar-refractivity contribution in [3.63, 3.8) is 0 Å². The van der Waals surface area contributed by atoms with Crippen molar-refractivity contribution < 1.29 is 28.3 Å². The zero-order valence-corrected chi connectivity index (χ0v) is 21.2. The predicted octanol–water partition coefficient (Wildman–Crippen LogP) is 4.33. The lowest BCUT2D eigenvalue weighted by molar-refractivity contribution is -0.152. The minimum absolute atomic E-state index is 0.0167. The number of carbonyl (C=O) groups excluding carboxylic acids is 2. The average Bonchev–Trinajstić information content (AvgIpc) is 3.52. The van der Waals surface area contributed by atoms with Crippen LogP contribution >= 0.6 is 0 Å². The van der Waals surface area contributed by atoms with Gasteiger partial charge in [0.2, 0.25) is 5.91 Å². The molecule has 194 valence electrons. The lowest BCUT2D eigenvalue weighted by Crippen LogP contribution is -2.42. The molecule has 1 aliphatic heterocycles. The Balaban J connectivity index is 1.32. The van der Waals surface area contributed by atoms with Crippen molar-refractivity contribution in [2.45, 2.75) is 52.0 Å². The molecule has 3 aromatic rings. The first kappa shape index (κ1) is 26.2. The fraction of sp³-hybridized carbons (Fsp3) is 0.345. The number of likely N-dealkylation sites (tertiary alicyclic amines) is 1. The van der Waals surface area contributed by atoms with Crippen LogP contribution in [0.15, 0.2) is 71.8 Å². The topological polar surface area (TPSA) is 91.1 Å². The number of hydrogen-bond acceptors (Lipinski definition) is 7. The number of carbonyl (C=O) groups is 2.